The zero-order valence-electron chi connectivity index (χ0n) is 18.6. The summed E-state index contributed by atoms with van der Waals surface area (Å²) in [4.78, 5) is 0. The Bertz CT molecular complexity index is 1100. The van der Waals surface area contributed by atoms with Gasteiger partial charge in [0.05, 0.1) is 12.3 Å². The van der Waals surface area contributed by atoms with Gasteiger partial charge in [-0.2, -0.15) is 0 Å². The maximum absolute atomic E-state index is 8.55. The van der Waals surface area contributed by atoms with E-state index in [4.69, 9.17) is 12.3 Å². The van der Waals surface area contributed by atoms with E-state index in [1.165, 1.54) is 0 Å². The van der Waals surface area contributed by atoms with Gasteiger partial charge in [-0.05, 0) is 33.0 Å². The molecule has 0 amide bonds. The Morgan fingerprint density at radius 2 is 1.41 bits per heavy atom. The van der Waals surface area contributed by atoms with Crippen molar-refractivity contribution >= 4 is 21.5 Å². The van der Waals surface area contributed by atoms with E-state index in [1.54, 1.807) is 13.8 Å². The van der Waals surface area contributed by atoms with Crippen molar-refractivity contribution in [3.05, 3.63) is 59.9 Å². The molecule has 0 aliphatic heterocycles. The van der Waals surface area contributed by atoms with Crippen LogP contribution in [0, 0.1) is 0 Å². The molecular weight excluding hydrogens is 204 g/mol. The molecule has 0 heterocycles. The summed E-state index contributed by atoms with van der Waals surface area (Å²) in [7, 11) is 0. The van der Waals surface area contributed by atoms with Crippen LogP contribution in [0.2, 0.25) is 0 Å². The molecule has 3 aromatic carbocycles. The summed E-state index contributed by atoms with van der Waals surface area (Å²) in [5.41, 5.74) is 0.351. The van der Waals surface area contributed by atoms with Crippen LogP contribution in [-0.4, -0.2) is 0 Å². The molecule has 0 N–H and O–H groups in total. The summed E-state index contributed by atoms with van der Waals surface area (Å²) in [5, 5.41) is 0.135. The summed E-state index contributed by atoms with van der Waals surface area (Å²) in [6.45, 7) is 3.57. The molecule has 0 aliphatic carbocycles. The minimum absolute atomic E-state index is 0.0165. The first-order valence-electron chi connectivity index (χ1n) is 9.94. The average molecular weight is 229 g/mol. The fourth-order valence-corrected chi connectivity index (χ4v) is 1.93. The van der Waals surface area contributed by atoms with Crippen molar-refractivity contribution in [3.63, 3.8) is 0 Å². The highest BCUT2D eigenvalue weighted by molar-refractivity contribution is 6.09. The first kappa shape index (κ1) is 4.45. The molecule has 0 radical (unpaired) electrons. The van der Waals surface area contributed by atoms with E-state index in [9.17, 15) is 0 Å². The van der Waals surface area contributed by atoms with Crippen molar-refractivity contribution in [1.29, 1.82) is 0 Å². The van der Waals surface area contributed by atoms with Crippen LogP contribution in [0.4, 0.5) is 0 Å². The number of fused-ring (bicyclic) bond motifs is 3. The number of hydrogen-bond donors (Lipinski definition) is 0. The van der Waals surface area contributed by atoms with Gasteiger partial charge in [-0.15, -0.1) is 0 Å². The standard InChI is InChI=1S/C17H16/c1-12(2)17-11-13-7-3-4-8-14(13)15-9-5-6-10-16(15)17/h3-12H,1-2H3/i3D,4D,5D,6D,7D,8D,9D,10D,11D. The molecule has 0 saturated heterocycles. The molecule has 0 spiro atoms. The predicted octanol–water partition coefficient (Wildman–Crippen LogP) is 5.12. The molecule has 3 aromatic rings. The quantitative estimate of drug-likeness (QED) is 0.508. The molecule has 0 saturated carbocycles. The van der Waals surface area contributed by atoms with E-state index < -0.39 is 30.2 Å². The van der Waals surface area contributed by atoms with Crippen LogP contribution in [0.1, 0.15) is 37.7 Å². The maximum atomic E-state index is 8.55. The average Bonchev–Trinajstić information content (AvgIpc) is 2.59. The molecule has 3 rings (SSSR count). The van der Waals surface area contributed by atoms with Crippen LogP contribution in [0.15, 0.2) is 54.4 Å². The Balaban J connectivity index is 2.89. The monoisotopic (exact) mass is 229 g/mol. The minimum atomic E-state index is -0.493. The molecule has 84 valence electrons. The first-order chi connectivity index (χ1) is 12.0. The lowest BCUT2D eigenvalue weighted by molar-refractivity contribution is 0.878. The number of benzene rings is 3. The normalized spacial score (nSPS) is 18.9. The summed E-state index contributed by atoms with van der Waals surface area (Å²) < 4.78 is 73.3. The van der Waals surface area contributed by atoms with E-state index in [1.807, 2.05) is 0 Å². The Hall–Kier alpha value is -1.82. The molecule has 0 atom stereocenters. The van der Waals surface area contributed by atoms with Crippen molar-refractivity contribution in [1.82, 2.24) is 0 Å². The van der Waals surface area contributed by atoms with Gasteiger partial charge in [0.25, 0.3) is 0 Å². The second-order valence-corrected chi connectivity index (χ2v) is 4.19. The topological polar surface area (TPSA) is 0 Å². The second kappa shape index (κ2) is 3.89. The summed E-state index contributed by atoms with van der Waals surface area (Å²) in [6, 6.07) is -3.42. The highest BCUT2D eigenvalue weighted by Crippen LogP contribution is 2.32. The zero-order chi connectivity index (χ0) is 19.7. The molecule has 0 aromatic heterocycles. The van der Waals surface area contributed by atoms with Gasteiger partial charge in [-0.1, -0.05) is 68.2 Å². The zero-order valence-corrected chi connectivity index (χ0v) is 9.58. The van der Waals surface area contributed by atoms with Crippen molar-refractivity contribution in [2.45, 2.75) is 19.8 Å². The van der Waals surface area contributed by atoms with Gasteiger partial charge < -0.3 is 0 Å². The van der Waals surface area contributed by atoms with Crippen LogP contribution in [0.5, 0.6) is 0 Å². The first-order valence-corrected chi connectivity index (χ1v) is 5.44. The maximum Gasteiger partial charge on any atom is 0.0632 e. The molecule has 0 aliphatic rings. The van der Waals surface area contributed by atoms with Crippen molar-refractivity contribution in [2.24, 2.45) is 0 Å². The Morgan fingerprint density at radius 3 is 2.12 bits per heavy atom. The van der Waals surface area contributed by atoms with Crippen LogP contribution in [0.3, 0.4) is 0 Å². The Morgan fingerprint density at radius 1 is 0.824 bits per heavy atom. The molecule has 0 heteroatoms. The highest BCUT2D eigenvalue weighted by atomic mass is 14.1. The van der Waals surface area contributed by atoms with E-state index in [2.05, 4.69) is 0 Å². The molecular formula is C17H16. The van der Waals surface area contributed by atoms with Crippen molar-refractivity contribution in [2.75, 3.05) is 0 Å². The summed E-state index contributed by atoms with van der Waals surface area (Å²) in [5.74, 6) is -0.271. The highest BCUT2D eigenvalue weighted by Gasteiger charge is 2.08. The van der Waals surface area contributed by atoms with E-state index in [0.717, 1.165) is 0 Å². The lowest BCUT2D eigenvalue weighted by Crippen LogP contribution is -1.90. The van der Waals surface area contributed by atoms with Gasteiger partial charge in [0.2, 0.25) is 0 Å². The smallest absolute Gasteiger partial charge is 0.0616 e. The predicted molar refractivity (Wildman–Crippen MR) is 75.5 cm³/mol. The van der Waals surface area contributed by atoms with Gasteiger partial charge in [0, 0.05) is 0 Å². The number of rotatable bonds is 1. The third-order valence-electron chi connectivity index (χ3n) is 2.73. The second-order valence-electron chi connectivity index (χ2n) is 4.19. The lowest BCUT2D eigenvalue weighted by Gasteiger charge is -2.13. The van der Waals surface area contributed by atoms with E-state index in [0.29, 0.717) is 5.56 Å². The largest absolute Gasteiger partial charge is 0.0632 e. The van der Waals surface area contributed by atoms with E-state index >= 15 is 0 Å². The molecule has 17 heavy (non-hydrogen) atoms. The Labute approximate surface area is 115 Å². The molecule has 0 nitrogen and oxygen atoms in total. The summed E-state index contributed by atoms with van der Waals surface area (Å²) in [6.07, 6.45) is 0. The minimum Gasteiger partial charge on any atom is -0.0616 e. The fourth-order valence-electron chi connectivity index (χ4n) is 1.93. The van der Waals surface area contributed by atoms with Crippen LogP contribution >= 0.6 is 0 Å². The van der Waals surface area contributed by atoms with Gasteiger partial charge in [-0.25, -0.2) is 0 Å². The van der Waals surface area contributed by atoms with Crippen LogP contribution in [-0.2, 0) is 0 Å². The van der Waals surface area contributed by atoms with Gasteiger partial charge in [-0.3, -0.25) is 0 Å². The lowest BCUT2D eigenvalue weighted by atomic mass is 9.92. The molecule has 0 bridgehead atoms. The molecule has 0 unspecified atom stereocenters. The Kier molecular flexibility index (Phi) is 1.02. The van der Waals surface area contributed by atoms with Crippen molar-refractivity contribution < 1.29 is 12.3 Å². The SMILES string of the molecule is [2H]c1c([2H])c([2H])c2c(c1[2H])c([2H])c(C(C)C)c1c([2H])c([2H])c([2H])c([2H])c12. The van der Waals surface area contributed by atoms with Gasteiger partial charge in [0.1, 0.15) is 0 Å². The fraction of sp³-hybridized carbons (Fsp3) is 0.176. The third kappa shape index (κ3) is 1.61. The van der Waals surface area contributed by atoms with Gasteiger partial charge >= 0.3 is 0 Å². The summed E-state index contributed by atoms with van der Waals surface area (Å²) >= 11 is 0. The third-order valence-corrected chi connectivity index (χ3v) is 2.73. The van der Waals surface area contributed by atoms with Crippen molar-refractivity contribution in [3.8, 4) is 0 Å². The van der Waals surface area contributed by atoms with Gasteiger partial charge in [0.15, 0.2) is 0 Å². The molecule has 0 fully saturated rings. The number of hydrogen-bond acceptors (Lipinski definition) is 0. The van der Waals surface area contributed by atoms with Crippen LogP contribution < -0.4 is 0 Å². The van der Waals surface area contributed by atoms with Crippen LogP contribution in [0.25, 0.3) is 21.5 Å². The van der Waals surface area contributed by atoms with E-state index in [-0.39, 0.29) is 51.6 Å².